The second-order valence-electron chi connectivity index (χ2n) is 3.79. The highest BCUT2D eigenvalue weighted by Gasteiger charge is 2.10. The van der Waals surface area contributed by atoms with Crippen LogP contribution in [0.5, 0.6) is 0 Å². The second-order valence-corrected chi connectivity index (χ2v) is 3.79. The summed E-state index contributed by atoms with van der Waals surface area (Å²) in [5, 5.41) is 10.5. The average molecular weight is 237 g/mol. The average Bonchev–Trinajstić information content (AvgIpc) is 2.35. The Morgan fingerprint density at radius 2 is 2.00 bits per heavy atom. The highest BCUT2D eigenvalue weighted by Crippen LogP contribution is 2.19. The molecule has 0 N–H and O–H groups in total. The Kier molecular flexibility index (Phi) is 4.63. The molecule has 0 fully saturated rings. The zero-order valence-electron chi connectivity index (χ0n) is 9.88. The van der Waals surface area contributed by atoms with Crippen LogP contribution >= 0.6 is 0 Å². The molecule has 0 aliphatic heterocycles. The van der Waals surface area contributed by atoms with Crippen LogP contribution in [0.3, 0.4) is 0 Å². The van der Waals surface area contributed by atoms with Crippen molar-refractivity contribution in [1.82, 2.24) is 0 Å². The summed E-state index contributed by atoms with van der Waals surface area (Å²) in [6.45, 7) is 3.94. The van der Waals surface area contributed by atoms with Gasteiger partial charge in [0.1, 0.15) is 0 Å². The third-order valence-electron chi connectivity index (χ3n) is 2.46. The number of ether oxygens (including phenoxy) is 1. The molecule has 0 saturated carbocycles. The lowest BCUT2D eigenvalue weighted by atomic mass is 10.0. The van der Waals surface area contributed by atoms with Crippen molar-refractivity contribution in [2.24, 2.45) is 0 Å². The van der Waals surface area contributed by atoms with E-state index in [2.05, 4.69) is 0 Å². The molecule has 5 nitrogen and oxygen atoms in total. The zero-order chi connectivity index (χ0) is 12.8. The molecule has 1 aromatic rings. The Labute approximate surface area is 99.5 Å². The number of rotatable bonds is 5. The van der Waals surface area contributed by atoms with Crippen molar-refractivity contribution in [2.45, 2.75) is 26.2 Å². The molecule has 0 spiro atoms. The van der Waals surface area contributed by atoms with E-state index in [-0.39, 0.29) is 17.6 Å². The monoisotopic (exact) mass is 237 g/mol. The topological polar surface area (TPSA) is 69.4 Å². The van der Waals surface area contributed by atoms with Crippen LogP contribution in [-0.4, -0.2) is 17.5 Å². The van der Waals surface area contributed by atoms with E-state index < -0.39 is 4.92 Å². The first-order chi connectivity index (χ1) is 8.04. The van der Waals surface area contributed by atoms with Crippen molar-refractivity contribution in [3.05, 3.63) is 39.9 Å². The molecule has 92 valence electrons. The van der Waals surface area contributed by atoms with Gasteiger partial charge < -0.3 is 4.74 Å². The van der Waals surface area contributed by atoms with E-state index in [1.54, 1.807) is 19.1 Å². The highest BCUT2D eigenvalue weighted by atomic mass is 16.6. The fraction of sp³-hybridized carbons (Fsp3) is 0.417. The zero-order valence-corrected chi connectivity index (χ0v) is 9.88. The smallest absolute Gasteiger partial charge is 0.305 e. The van der Waals surface area contributed by atoms with Gasteiger partial charge in [0, 0.05) is 24.5 Å². The Morgan fingerprint density at radius 3 is 2.47 bits per heavy atom. The minimum atomic E-state index is -0.439. The number of nitro groups is 1. The van der Waals surface area contributed by atoms with Gasteiger partial charge in [0.05, 0.1) is 11.5 Å². The molecule has 1 aromatic carbocycles. The van der Waals surface area contributed by atoms with Gasteiger partial charge in [-0.2, -0.15) is 0 Å². The Balaban J connectivity index is 2.60. The molecule has 0 amide bonds. The maximum Gasteiger partial charge on any atom is 0.305 e. The predicted molar refractivity (Wildman–Crippen MR) is 62.8 cm³/mol. The van der Waals surface area contributed by atoms with Gasteiger partial charge >= 0.3 is 5.97 Å². The largest absolute Gasteiger partial charge is 0.465 e. The van der Waals surface area contributed by atoms with Crippen LogP contribution in [-0.2, 0) is 9.53 Å². The molecule has 0 heterocycles. The molecule has 1 rings (SSSR count). The number of esters is 1. The molecule has 0 radical (unpaired) electrons. The van der Waals surface area contributed by atoms with Gasteiger partial charge in [-0.05, 0) is 5.56 Å². The number of non-ortho nitro benzene ring substituents is 1. The molecule has 0 aliphatic rings. The third-order valence-corrected chi connectivity index (χ3v) is 2.46. The number of benzene rings is 1. The molecule has 17 heavy (non-hydrogen) atoms. The quantitative estimate of drug-likeness (QED) is 0.448. The minimum Gasteiger partial charge on any atom is -0.465 e. The molecule has 0 saturated heterocycles. The van der Waals surface area contributed by atoms with Gasteiger partial charge in [0.25, 0.3) is 5.69 Å². The van der Waals surface area contributed by atoms with Crippen molar-refractivity contribution in [2.75, 3.05) is 6.61 Å². The molecular formula is C12H15NO4. The van der Waals surface area contributed by atoms with Crippen LogP contribution in [0.2, 0.25) is 0 Å². The van der Waals surface area contributed by atoms with Crippen molar-refractivity contribution in [1.29, 1.82) is 0 Å². The van der Waals surface area contributed by atoms with E-state index in [0.29, 0.717) is 13.0 Å². The van der Waals surface area contributed by atoms with E-state index in [9.17, 15) is 14.9 Å². The SMILES string of the molecule is CCC(=O)OCC(C)c1ccc([N+](=O)[O-])cc1. The van der Waals surface area contributed by atoms with Crippen LogP contribution in [0, 0.1) is 10.1 Å². The van der Waals surface area contributed by atoms with Crippen LogP contribution < -0.4 is 0 Å². The molecular weight excluding hydrogens is 222 g/mol. The van der Waals surface area contributed by atoms with Crippen LogP contribution in [0.25, 0.3) is 0 Å². The number of nitrogens with zero attached hydrogens (tertiary/aromatic N) is 1. The summed E-state index contributed by atoms with van der Waals surface area (Å²) in [5.41, 5.74) is 0.978. The van der Waals surface area contributed by atoms with Crippen molar-refractivity contribution < 1.29 is 14.5 Å². The number of carbonyl (C=O) groups excluding carboxylic acids is 1. The first kappa shape index (κ1) is 13.2. The van der Waals surface area contributed by atoms with E-state index in [1.165, 1.54) is 12.1 Å². The summed E-state index contributed by atoms with van der Waals surface area (Å²) in [6.07, 6.45) is 0.354. The predicted octanol–water partition coefficient (Wildman–Crippen LogP) is 2.65. The van der Waals surface area contributed by atoms with E-state index >= 15 is 0 Å². The molecule has 0 aromatic heterocycles. The van der Waals surface area contributed by atoms with E-state index in [4.69, 9.17) is 4.74 Å². The van der Waals surface area contributed by atoms with Gasteiger partial charge in [0.2, 0.25) is 0 Å². The molecule has 5 heteroatoms. The summed E-state index contributed by atoms with van der Waals surface area (Å²) < 4.78 is 5.01. The summed E-state index contributed by atoms with van der Waals surface area (Å²) in [6, 6.07) is 6.27. The highest BCUT2D eigenvalue weighted by molar-refractivity contribution is 5.68. The van der Waals surface area contributed by atoms with Crippen molar-refractivity contribution in [3.8, 4) is 0 Å². The molecule has 0 bridgehead atoms. The maximum atomic E-state index is 11.0. The minimum absolute atomic E-state index is 0.0336. The number of hydrogen-bond acceptors (Lipinski definition) is 4. The number of hydrogen-bond donors (Lipinski definition) is 0. The molecule has 0 aliphatic carbocycles. The third kappa shape index (κ3) is 3.86. The first-order valence-electron chi connectivity index (χ1n) is 5.44. The summed E-state index contributed by atoms with van der Waals surface area (Å²) in [4.78, 5) is 21.0. The number of carbonyl (C=O) groups is 1. The van der Waals surface area contributed by atoms with Gasteiger partial charge in [-0.1, -0.05) is 26.0 Å². The lowest BCUT2D eigenvalue weighted by Crippen LogP contribution is -2.09. The Morgan fingerprint density at radius 1 is 1.41 bits per heavy atom. The molecule has 1 unspecified atom stereocenters. The van der Waals surface area contributed by atoms with Gasteiger partial charge in [-0.3, -0.25) is 14.9 Å². The number of nitro benzene ring substituents is 1. The van der Waals surface area contributed by atoms with Crippen molar-refractivity contribution in [3.63, 3.8) is 0 Å². The van der Waals surface area contributed by atoms with E-state index in [1.807, 2.05) is 6.92 Å². The first-order valence-corrected chi connectivity index (χ1v) is 5.44. The summed E-state index contributed by atoms with van der Waals surface area (Å²) >= 11 is 0. The van der Waals surface area contributed by atoms with Crippen LogP contribution in [0.15, 0.2) is 24.3 Å². The summed E-state index contributed by atoms with van der Waals surface area (Å²) in [5.74, 6) is -0.204. The standard InChI is InChI=1S/C12H15NO4/c1-3-12(14)17-8-9(2)10-4-6-11(7-5-10)13(15)16/h4-7,9H,3,8H2,1-2H3. The fourth-order valence-electron chi connectivity index (χ4n) is 1.34. The molecule has 1 atom stereocenters. The van der Waals surface area contributed by atoms with Gasteiger partial charge in [-0.25, -0.2) is 0 Å². The van der Waals surface area contributed by atoms with E-state index in [0.717, 1.165) is 5.56 Å². The summed E-state index contributed by atoms with van der Waals surface area (Å²) in [7, 11) is 0. The fourth-order valence-corrected chi connectivity index (χ4v) is 1.34. The van der Waals surface area contributed by atoms with Crippen LogP contribution in [0.1, 0.15) is 31.7 Å². The maximum absolute atomic E-state index is 11.0. The van der Waals surface area contributed by atoms with Crippen molar-refractivity contribution >= 4 is 11.7 Å². The van der Waals surface area contributed by atoms with Gasteiger partial charge in [-0.15, -0.1) is 0 Å². The Hall–Kier alpha value is -1.91. The normalized spacial score (nSPS) is 11.9. The lowest BCUT2D eigenvalue weighted by Gasteiger charge is -2.11. The van der Waals surface area contributed by atoms with Crippen LogP contribution in [0.4, 0.5) is 5.69 Å². The van der Waals surface area contributed by atoms with Gasteiger partial charge in [0.15, 0.2) is 0 Å². The Bertz CT molecular complexity index is 399. The second kappa shape index (κ2) is 5.98. The lowest BCUT2D eigenvalue weighted by molar-refractivity contribution is -0.384.